The molecule has 0 saturated carbocycles. The predicted octanol–water partition coefficient (Wildman–Crippen LogP) is 7.00. The van der Waals surface area contributed by atoms with E-state index >= 15 is 0 Å². The van der Waals surface area contributed by atoms with Crippen molar-refractivity contribution in [2.45, 2.75) is 32.7 Å². The van der Waals surface area contributed by atoms with Crippen LogP contribution < -0.4 is 4.74 Å². The monoisotopic (exact) mass is 513 g/mol. The van der Waals surface area contributed by atoms with E-state index in [0.717, 1.165) is 16.7 Å². The van der Waals surface area contributed by atoms with Crippen LogP contribution in [-0.4, -0.2) is 21.1 Å². The first-order chi connectivity index (χ1) is 17.2. The Balaban J connectivity index is 1.35. The SMILES string of the molecule is CC(C)(C)c1ccc(/C=C/C(=O)Oc2ccc(/C=C3\SC(=S)N(Cc4ccccc4)C3=O)cc2)cc1. The highest BCUT2D eigenvalue weighted by atomic mass is 32.2. The minimum atomic E-state index is -0.454. The van der Waals surface area contributed by atoms with Crippen molar-refractivity contribution in [3.05, 3.63) is 112 Å². The summed E-state index contributed by atoms with van der Waals surface area (Å²) in [7, 11) is 0. The topological polar surface area (TPSA) is 46.6 Å². The van der Waals surface area contributed by atoms with Gasteiger partial charge in [0.15, 0.2) is 0 Å². The molecular formula is C30H27NO3S2. The minimum Gasteiger partial charge on any atom is -0.423 e. The van der Waals surface area contributed by atoms with Crippen LogP contribution in [0, 0.1) is 0 Å². The van der Waals surface area contributed by atoms with Crippen molar-refractivity contribution in [3.8, 4) is 5.75 Å². The molecule has 1 heterocycles. The Bertz CT molecular complexity index is 1320. The first-order valence-electron chi connectivity index (χ1n) is 11.6. The summed E-state index contributed by atoms with van der Waals surface area (Å²) in [4.78, 5) is 27.3. The third kappa shape index (κ3) is 6.59. The highest BCUT2D eigenvalue weighted by molar-refractivity contribution is 8.26. The van der Waals surface area contributed by atoms with Gasteiger partial charge in [0.1, 0.15) is 10.1 Å². The van der Waals surface area contributed by atoms with Crippen LogP contribution in [0.15, 0.2) is 89.8 Å². The third-order valence-electron chi connectivity index (χ3n) is 5.64. The molecule has 0 aliphatic carbocycles. The largest absolute Gasteiger partial charge is 0.423 e. The molecule has 4 nitrogen and oxygen atoms in total. The van der Waals surface area contributed by atoms with E-state index in [1.54, 1.807) is 41.3 Å². The highest BCUT2D eigenvalue weighted by Crippen LogP contribution is 2.33. The van der Waals surface area contributed by atoms with Crippen LogP contribution in [0.25, 0.3) is 12.2 Å². The zero-order valence-electron chi connectivity index (χ0n) is 20.4. The van der Waals surface area contributed by atoms with Gasteiger partial charge in [-0.3, -0.25) is 9.69 Å². The molecule has 0 atom stereocenters. The number of esters is 1. The molecule has 1 aliphatic rings. The normalized spacial score (nSPS) is 15.2. The number of hydrogen-bond donors (Lipinski definition) is 0. The molecule has 1 fully saturated rings. The summed E-state index contributed by atoms with van der Waals surface area (Å²) in [5.74, 6) is -0.129. The summed E-state index contributed by atoms with van der Waals surface area (Å²) >= 11 is 6.72. The second-order valence-electron chi connectivity index (χ2n) is 9.45. The van der Waals surface area contributed by atoms with E-state index in [0.29, 0.717) is 21.5 Å². The van der Waals surface area contributed by atoms with E-state index in [-0.39, 0.29) is 11.3 Å². The lowest BCUT2D eigenvalue weighted by atomic mass is 9.87. The van der Waals surface area contributed by atoms with Crippen LogP contribution >= 0.6 is 24.0 Å². The maximum Gasteiger partial charge on any atom is 0.336 e. The van der Waals surface area contributed by atoms with E-state index < -0.39 is 5.97 Å². The smallest absolute Gasteiger partial charge is 0.336 e. The number of thiocarbonyl (C=S) groups is 1. The lowest BCUT2D eigenvalue weighted by Crippen LogP contribution is -2.27. The number of hydrogen-bond acceptors (Lipinski definition) is 5. The van der Waals surface area contributed by atoms with Gasteiger partial charge in [-0.15, -0.1) is 0 Å². The standard InChI is InChI=1S/C30H27NO3S2/c1-30(2,3)24-14-9-21(10-15-24)13-18-27(32)34-25-16-11-22(12-17-25)19-26-28(33)31(29(35)36-26)20-23-7-5-4-6-8-23/h4-19H,20H2,1-3H3/b18-13+,26-19-. The summed E-state index contributed by atoms with van der Waals surface area (Å²) in [6.07, 6.45) is 4.95. The third-order valence-corrected chi connectivity index (χ3v) is 7.02. The van der Waals surface area contributed by atoms with Gasteiger partial charge in [-0.2, -0.15) is 0 Å². The molecule has 3 aromatic rings. The first kappa shape index (κ1) is 25.6. The van der Waals surface area contributed by atoms with Gasteiger partial charge in [-0.05, 0) is 52.0 Å². The van der Waals surface area contributed by atoms with Crippen molar-refractivity contribution in [1.82, 2.24) is 4.90 Å². The van der Waals surface area contributed by atoms with Gasteiger partial charge in [-0.1, -0.05) is 111 Å². The van der Waals surface area contributed by atoms with E-state index in [9.17, 15) is 9.59 Å². The second-order valence-corrected chi connectivity index (χ2v) is 11.1. The van der Waals surface area contributed by atoms with Gasteiger partial charge in [0, 0.05) is 6.08 Å². The van der Waals surface area contributed by atoms with Crippen LogP contribution in [0.4, 0.5) is 0 Å². The van der Waals surface area contributed by atoms with E-state index in [1.807, 2.05) is 42.5 Å². The number of rotatable bonds is 6. The maximum atomic E-state index is 12.9. The van der Waals surface area contributed by atoms with Crippen LogP contribution in [-0.2, 0) is 21.5 Å². The summed E-state index contributed by atoms with van der Waals surface area (Å²) in [5, 5.41) is 0. The molecule has 0 N–H and O–H groups in total. The Kier molecular flexibility index (Phi) is 7.87. The fourth-order valence-corrected chi connectivity index (χ4v) is 4.85. The number of carbonyl (C=O) groups excluding carboxylic acids is 2. The predicted molar refractivity (Wildman–Crippen MR) is 151 cm³/mol. The first-order valence-corrected chi connectivity index (χ1v) is 12.8. The quantitative estimate of drug-likeness (QED) is 0.154. The van der Waals surface area contributed by atoms with Gasteiger partial charge >= 0.3 is 5.97 Å². The van der Waals surface area contributed by atoms with E-state index in [2.05, 4.69) is 32.9 Å². The number of ether oxygens (including phenoxy) is 1. The summed E-state index contributed by atoms with van der Waals surface area (Å²) in [6.45, 7) is 6.94. The Labute approximate surface area is 221 Å². The van der Waals surface area contributed by atoms with Crippen LogP contribution in [0.1, 0.15) is 43.0 Å². The highest BCUT2D eigenvalue weighted by Gasteiger charge is 2.31. The number of nitrogens with zero attached hydrogens (tertiary/aromatic N) is 1. The molecule has 0 unspecified atom stereocenters. The molecule has 182 valence electrons. The van der Waals surface area contributed by atoms with Gasteiger partial charge in [0.25, 0.3) is 5.91 Å². The summed E-state index contributed by atoms with van der Waals surface area (Å²) < 4.78 is 5.96. The molecule has 1 amide bonds. The molecule has 0 spiro atoms. The van der Waals surface area contributed by atoms with Crippen LogP contribution in [0.3, 0.4) is 0 Å². The van der Waals surface area contributed by atoms with Gasteiger partial charge < -0.3 is 4.74 Å². The molecule has 4 rings (SSSR count). The molecule has 1 aliphatic heterocycles. The summed E-state index contributed by atoms with van der Waals surface area (Å²) in [6, 6.07) is 24.9. The van der Waals surface area contributed by atoms with E-state index in [4.69, 9.17) is 17.0 Å². The number of benzene rings is 3. The zero-order chi connectivity index (χ0) is 25.7. The second kappa shape index (κ2) is 11.1. The Hall–Kier alpha value is -3.48. The van der Waals surface area contributed by atoms with Gasteiger partial charge in [0.05, 0.1) is 11.4 Å². The van der Waals surface area contributed by atoms with Crippen molar-refractivity contribution >= 4 is 52.3 Å². The van der Waals surface area contributed by atoms with Gasteiger partial charge in [0.2, 0.25) is 0 Å². The zero-order valence-corrected chi connectivity index (χ0v) is 22.1. The average molecular weight is 514 g/mol. The number of carbonyl (C=O) groups is 2. The molecule has 6 heteroatoms. The average Bonchev–Trinajstić information content (AvgIpc) is 3.11. The van der Waals surface area contributed by atoms with Crippen molar-refractivity contribution < 1.29 is 14.3 Å². The molecule has 0 bridgehead atoms. The van der Waals surface area contributed by atoms with Crippen molar-refractivity contribution in [2.24, 2.45) is 0 Å². The van der Waals surface area contributed by atoms with E-state index in [1.165, 1.54) is 23.4 Å². The lowest BCUT2D eigenvalue weighted by Gasteiger charge is -2.18. The Morgan fingerprint density at radius 3 is 2.22 bits per heavy atom. The fourth-order valence-electron chi connectivity index (χ4n) is 3.59. The molecule has 3 aromatic carbocycles. The number of thioether (sulfide) groups is 1. The Morgan fingerprint density at radius 1 is 0.944 bits per heavy atom. The molecule has 1 saturated heterocycles. The lowest BCUT2D eigenvalue weighted by molar-refractivity contribution is -0.129. The molecular weight excluding hydrogens is 486 g/mol. The number of amides is 1. The molecule has 0 radical (unpaired) electrons. The molecule has 0 aromatic heterocycles. The van der Waals surface area contributed by atoms with Crippen molar-refractivity contribution in [3.63, 3.8) is 0 Å². The van der Waals surface area contributed by atoms with Crippen molar-refractivity contribution in [1.29, 1.82) is 0 Å². The van der Waals surface area contributed by atoms with Crippen LogP contribution in [0.5, 0.6) is 5.75 Å². The van der Waals surface area contributed by atoms with Crippen LogP contribution in [0.2, 0.25) is 0 Å². The summed E-state index contributed by atoms with van der Waals surface area (Å²) in [5.41, 5.74) is 4.10. The minimum absolute atomic E-state index is 0.0838. The maximum absolute atomic E-state index is 12.9. The van der Waals surface area contributed by atoms with Crippen molar-refractivity contribution in [2.75, 3.05) is 0 Å². The van der Waals surface area contributed by atoms with Gasteiger partial charge in [-0.25, -0.2) is 4.79 Å². The molecule has 36 heavy (non-hydrogen) atoms. The fraction of sp³-hybridized carbons (Fsp3) is 0.167. The Morgan fingerprint density at radius 2 is 1.58 bits per heavy atom.